The zero-order valence-electron chi connectivity index (χ0n) is 12.5. The summed E-state index contributed by atoms with van der Waals surface area (Å²) in [5.74, 6) is 0.324. The molecule has 1 heterocycles. The highest BCUT2D eigenvalue weighted by Gasteiger charge is 2.35. The van der Waals surface area contributed by atoms with Crippen LogP contribution >= 0.6 is 11.6 Å². The van der Waals surface area contributed by atoms with Crippen molar-refractivity contribution in [2.75, 3.05) is 34.3 Å². The van der Waals surface area contributed by atoms with Crippen LogP contribution in [0, 0.1) is 0 Å². The molecule has 5 nitrogen and oxygen atoms in total. The van der Waals surface area contributed by atoms with Crippen LogP contribution in [0.3, 0.4) is 0 Å². The van der Waals surface area contributed by atoms with Gasteiger partial charge in [-0.05, 0) is 38.7 Å². The second-order valence-corrected chi connectivity index (χ2v) is 6.04. The lowest BCUT2D eigenvalue weighted by Gasteiger charge is -2.27. The van der Waals surface area contributed by atoms with Crippen molar-refractivity contribution in [3.8, 4) is 5.75 Å². The molecule has 116 valence electrons. The van der Waals surface area contributed by atoms with Crippen LogP contribution in [0.25, 0.3) is 0 Å². The smallest absolute Gasteiger partial charge is 0.258 e. The van der Waals surface area contributed by atoms with Crippen molar-refractivity contribution in [1.82, 2.24) is 9.80 Å². The quantitative estimate of drug-likeness (QED) is 0.915. The van der Waals surface area contributed by atoms with Crippen molar-refractivity contribution in [3.63, 3.8) is 0 Å². The third-order valence-electron chi connectivity index (χ3n) is 3.62. The van der Waals surface area contributed by atoms with E-state index in [1.165, 1.54) is 7.11 Å². The first kappa shape index (κ1) is 16.1. The molecule has 0 aliphatic carbocycles. The van der Waals surface area contributed by atoms with E-state index >= 15 is 0 Å². The zero-order chi connectivity index (χ0) is 15.6. The molecule has 0 bridgehead atoms. The molecule has 0 radical (unpaired) electrons. The Morgan fingerprint density at radius 3 is 2.86 bits per heavy atom. The second kappa shape index (κ2) is 6.64. The van der Waals surface area contributed by atoms with Gasteiger partial charge in [0.25, 0.3) is 5.91 Å². The van der Waals surface area contributed by atoms with Crippen molar-refractivity contribution >= 4 is 17.5 Å². The highest BCUT2D eigenvalue weighted by molar-refractivity contribution is 6.30. The number of carbonyl (C=O) groups is 1. The van der Waals surface area contributed by atoms with Gasteiger partial charge in [0.1, 0.15) is 5.75 Å². The lowest BCUT2D eigenvalue weighted by Crippen LogP contribution is -2.41. The third kappa shape index (κ3) is 3.67. The second-order valence-electron chi connectivity index (χ2n) is 5.61. The summed E-state index contributed by atoms with van der Waals surface area (Å²) >= 11 is 5.93. The molecule has 0 spiro atoms. The minimum Gasteiger partial charge on any atom is -0.496 e. The Balaban J connectivity index is 2.25. The molecule has 1 aliphatic heterocycles. The normalized spacial score (nSPS) is 21.9. The molecule has 0 aromatic heterocycles. The van der Waals surface area contributed by atoms with Crippen LogP contribution in [-0.2, 0) is 0 Å². The van der Waals surface area contributed by atoms with E-state index in [4.69, 9.17) is 16.3 Å². The van der Waals surface area contributed by atoms with Gasteiger partial charge in [0.05, 0.1) is 18.8 Å². The summed E-state index contributed by atoms with van der Waals surface area (Å²) in [7, 11) is 5.42. The number of carbonyl (C=O) groups excluding carboxylic acids is 1. The summed E-state index contributed by atoms with van der Waals surface area (Å²) in [6.45, 7) is 1.07. The SMILES string of the molecule is COc1cc(Cl)ccc1C(=O)N1CC(O)CC1CN(C)C. The molecule has 6 heteroatoms. The Hall–Kier alpha value is -1.30. The van der Waals surface area contributed by atoms with Gasteiger partial charge in [-0.15, -0.1) is 0 Å². The number of hydrogen-bond acceptors (Lipinski definition) is 4. The van der Waals surface area contributed by atoms with E-state index in [0.29, 0.717) is 29.3 Å². The van der Waals surface area contributed by atoms with Crippen LogP contribution in [0.5, 0.6) is 5.75 Å². The van der Waals surface area contributed by atoms with Gasteiger partial charge in [0.15, 0.2) is 0 Å². The Labute approximate surface area is 130 Å². The fraction of sp³-hybridized carbons (Fsp3) is 0.533. The molecule has 2 rings (SSSR count). The topological polar surface area (TPSA) is 53.0 Å². The minimum absolute atomic E-state index is 0.00267. The molecular weight excluding hydrogens is 292 g/mol. The number of aliphatic hydroxyl groups excluding tert-OH is 1. The Bertz CT molecular complexity index is 522. The van der Waals surface area contributed by atoms with E-state index in [1.807, 2.05) is 19.0 Å². The Kier molecular flexibility index (Phi) is 5.08. The molecule has 2 atom stereocenters. The van der Waals surface area contributed by atoms with Crippen molar-refractivity contribution in [1.29, 1.82) is 0 Å². The van der Waals surface area contributed by atoms with E-state index in [0.717, 1.165) is 6.54 Å². The number of amides is 1. The number of β-amino-alcohol motifs (C(OH)–C–C–N with tert-alkyl or cyclic N) is 1. The van der Waals surface area contributed by atoms with E-state index in [2.05, 4.69) is 0 Å². The van der Waals surface area contributed by atoms with Crippen LogP contribution < -0.4 is 4.74 Å². The Morgan fingerprint density at radius 1 is 1.52 bits per heavy atom. The summed E-state index contributed by atoms with van der Waals surface area (Å²) in [5.41, 5.74) is 0.472. The van der Waals surface area contributed by atoms with E-state index in [1.54, 1.807) is 23.1 Å². The summed E-state index contributed by atoms with van der Waals surface area (Å²) in [6, 6.07) is 4.97. The molecule has 2 unspecified atom stereocenters. The lowest BCUT2D eigenvalue weighted by atomic mass is 10.1. The fourth-order valence-electron chi connectivity index (χ4n) is 2.73. The van der Waals surface area contributed by atoms with Crippen molar-refractivity contribution in [2.45, 2.75) is 18.6 Å². The van der Waals surface area contributed by atoms with Crippen molar-refractivity contribution < 1.29 is 14.6 Å². The summed E-state index contributed by atoms with van der Waals surface area (Å²) < 4.78 is 5.25. The number of likely N-dealkylation sites (N-methyl/N-ethyl adjacent to an activating group) is 1. The first-order valence-corrected chi connectivity index (χ1v) is 7.27. The van der Waals surface area contributed by atoms with Gasteiger partial charge in [-0.3, -0.25) is 4.79 Å². The van der Waals surface area contributed by atoms with Crippen molar-refractivity contribution in [2.24, 2.45) is 0 Å². The predicted octanol–water partition coefficient (Wildman–Crippen LogP) is 1.49. The molecule has 0 saturated carbocycles. The molecule has 1 aromatic carbocycles. The first-order valence-electron chi connectivity index (χ1n) is 6.89. The minimum atomic E-state index is -0.475. The molecule has 1 aromatic rings. The number of rotatable bonds is 4. The highest BCUT2D eigenvalue weighted by atomic mass is 35.5. The number of aliphatic hydroxyl groups is 1. The molecule has 21 heavy (non-hydrogen) atoms. The standard InChI is InChI=1S/C15H21ClN2O3/c1-17(2)8-11-7-12(19)9-18(11)15(20)13-5-4-10(16)6-14(13)21-3/h4-6,11-12,19H,7-9H2,1-3H3. The average molecular weight is 313 g/mol. The fourth-order valence-corrected chi connectivity index (χ4v) is 2.89. The van der Waals surface area contributed by atoms with Crippen molar-refractivity contribution in [3.05, 3.63) is 28.8 Å². The van der Waals surface area contributed by atoms with Gasteiger partial charge in [-0.2, -0.15) is 0 Å². The molecule has 1 fully saturated rings. The van der Waals surface area contributed by atoms with Crippen LogP contribution in [0.4, 0.5) is 0 Å². The van der Waals surface area contributed by atoms with Crippen LogP contribution in [0.2, 0.25) is 5.02 Å². The van der Waals surface area contributed by atoms with E-state index < -0.39 is 6.10 Å². The summed E-state index contributed by atoms with van der Waals surface area (Å²) in [6.07, 6.45) is 0.122. The van der Waals surface area contributed by atoms with E-state index in [-0.39, 0.29) is 11.9 Å². The maximum atomic E-state index is 12.7. The number of likely N-dealkylation sites (tertiary alicyclic amines) is 1. The van der Waals surface area contributed by atoms with Gasteiger partial charge in [0.2, 0.25) is 0 Å². The Morgan fingerprint density at radius 2 is 2.24 bits per heavy atom. The number of halogens is 1. The number of benzene rings is 1. The van der Waals surface area contributed by atoms with Gasteiger partial charge in [-0.25, -0.2) is 0 Å². The number of hydrogen-bond donors (Lipinski definition) is 1. The van der Waals surface area contributed by atoms with Crippen LogP contribution in [0.15, 0.2) is 18.2 Å². The van der Waals surface area contributed by atoms with E-state index in [9.17, 15) is 9.90 Å². The summed E-state index contributed by atoms with van der Waals surface area (Å²) in [4.78, 5) is 16.5. The van der Waals surface area contributed by atoms with Gasteiger partial charge in [-0.1, -0.05) is 11.6 Å². The monoisotopic (exact) mass is 312 g/mol. The maximum absolute atomic E-state index is 12.7. The number of ether oxygens (including phenoxy) is 1. The van der Waals surface area contributed by atoms with Gasteiger partial charge in [0, 0.05) is 24.2 Å². The predicted molar refractivity (Wildman–Crippen MR) is 82.0 cm³/mol. The first-order chi connectivity index (χ1) is 9.92. The van der Waals surface area contributed by atoms with Crippen LogP contribution in [0.1, 0.15) is 16.8 Å². The largest absolute Gasteiger partial charge is 0.496 e. The lowest BCUT2D eigenvalue weighted by molar-refractivity contribution is 0.0696. The van der Waals surface area contributed by atoms with Gasteiger partial charge >= 0.3 is 0 Å². The molecular formula is C15H21ClN2O3. The molecule has 1 amide bonds. The highest BCUT2D eigenvalue weighted by Crippen LogP contribution is 2.28. The zero-order valence-corrected chi connectivity index (χ0v) is 13.3. The van der Waals surface area contributed by atoms with Crippen LogP contribution in [-0.4, -0.2) is 67.3 Å². The molecule has 1 saturated heterocycles. The molecule has 1 aliphatic rings. The van der Waals surface area contributed by atoms with Gasteiger partial charge < -0.3 is 19.6 Å². The average Bonchev–Trinajstić information content (AvgIpc) is 2.77. The number of methoxy groups -OCH3 is 1. The molecule has 1 N–H and O–H groups in total. The number of nitrogens with zero attached hydrogens (tertiary/aromatic N) is 2. The summed E-state index contributed by atoms with van der Waals surface area (Å²) in [5, 5.41) is 10.4. The maximum Gasteiger partial charge on any atom is 0.258 e. The third-order valence-corrected chi connectivity index (χ3v) is 3.86.